The molecular weight excluding hydrogens is 390 g/mol. The minimum absolute atomic E-state index is 0.193. The lowest BCUT2D eigenvalue weighted by atomic mass is 10.2. The predicted molar refractivity (Wildman–Crippen MR) is 101 cm³/mol. The number of hydrogen-bond acceptors (Lipinski definition) is 9. The van der Waals surface area contributed by atoms with Gasteiger partial charge in [-0.1, -0.05) is 17.8 Å². The van der Waals surface area contributed by atoms with Crippen molar-refractivity contribution in [2.45, 2.75) is 18.0 Å². The Morgan fingerprint density at radius 1 is 1.43 bits per heavy atom. The first-order valence-corrected chi connectivity index (χ1v) is 9.28. The summed E-state index contributed by atoms with van der Waals surface area (Å²) in [7, 11) is 1.53. The fourth-order valence-corrected chi connectivity index (χ4v) is 3.41. The van der Waals surface area contributed by atoms with Crippen molar-refractivity contribution in [1.82, 2.24) is 5.32 Å². The summed E-state index contributed by atoms with van der Waals surface area (Å²) in [5, 5.41) is 18.7. The number of carbonyl (C=O) groups excluding carboxylic acids is 1. The van der Waals surface area contributed by atoms with Crippen LogP contribution in [0.15, 0.2) is 28.4 Å². The number of carboxylic acids is 1. The molecule has 2 fully saturated rings. The normalized spacial score (nSPS) is 21.4. The van der Waals surface area contributed by atoms with E-state index >= 15 is 0 Å². The highest BCUT2D eigenvalue weighted by Gasteiger charge is 2.32. The monoisotopic (exact) mass is 409 g/mol. The molecule has 3 rings (SSSR count). The molecule has 2 aliphatic heterocycles. The Balaban J connectivity index is 1.69. The fraction of sp³-hybridized carbons (Fsp3) is 0.412. The molecule has 2 aliphatic rings. The molecule has 0 bridgehead atoms. The van der Waals surface area contributed by atoms with Crippen molar-refractivity contribution in [3.05, 3.63) is 23.8 Å². The third-order valence-corrected chi connectivity index (χ3v) is 4.84. The number of para-hydroxylation sites is 1. The number of benzene rings is 1. The van der Waals surface area contributed by atoms with Crippen molar-refractivity contribution in [3.8, 4) is 11.5 Å². The summed E-state index contributed by atoms with van der Waals surface area (Å²) in [6.07, 6.45) is 0.739. The zero-order valence-electron chi connectivity index (χ0n) is 15.0. The van der Waals surface area contributed by atoms with Crippen LogP contribution in [0.4, 0.5) is 0 Å². The van der Waals surface area contributed by atoms with Crippen LogP contribution in [0.3, 0.4) is 0 Å². The standard InChI is InChI=1S/C17H19N3O7S/c1-24-11-4-2-3-10(15(11)27-9-14-25-5-6-26-14)8-18-20-17-19-16(23)12(28-17)7-13(21)22/h2-4,8,12,14H,5-7,9H2,1H3,(H,21,22)(H,19,20,23). The molecule has 10 nitrogen and oxygen atoms in total. The van der Waals surface area contributed by atoms with Crippen LogP contribution in [0.25, 0.3) is 0 Å². The van der Waals surface area contributed by atoms with E-state index in [9.17, 15) is 9.59 Å². The molecule has 0 spiro atoms. The predicted octanol–water partition coefficient (Wildman–Crippen LogP) is 0.843. The van der Waals surface area contributed by atoms with Gasteiger partial charge in [0.05, 0.1) is 33.0 Å². The number of carbonyl (C=O) groups is 2. The molecule has 2 N–H and O–H groups in total. The first-order valence-electron chi connectivity index (χ1n) is 8.40. The van der Waals surface area contributed by atoms with Gasteiger partial charge in [0.2, 0.25) is 5.91 Å². The molecule has 0 radical (unpaired) electrons. The summed E-state index contributed by atoms with van der Waals surface area (Å²) < 4.78 is 21.8. The van der Waals surface area contributed by atoms with Crippen molar-refractivity contribution < 1.29 is 33.6 Å². The second kappa shape index (κ2) is 9.53. The van der Waals surface area contributed by atoms with Gasteiger partial charge in [0, 0.05) is 5.56 Å². The van der Waals surface area contributed by atoms with E-state index in [1.807, 2.05) is 0 Å². The summed E-state index contributed by atoms with van der Waals surface area (Å²) in [5.41, 5.74) is 0.609. The van der Waals surface area contributed by atoms with Gasteiger partial charge in [0.25, 0.3) is 0 Å². The van der Waals surface area contributed by atoms with Gasteiger partial charge >= 0.3 is 5.97 Å². The zero-order valence-corrected chi connectivity index (χ0v) is 15.8. The number of thioether (sulfide) groups is 1. The summed E-state index contributed by atoms with van der Waals surface area (Å²) in [4.78, 5) is 22.5. The van der Waals surface area contributed by atoms with Gasteiger partial charge in [-0.2, -0.15) is 5.10 Å². The molecule has 28 heavy (non-hydrogen) atoms. The van der Waals surface area contributed by atoms with Gasteiger partial charge < -0.3 is 29.4 Å². The quantitative estimate of drug-likeness (QED) is 0.478. The van der Waals surface area contributed by atoms with Crippen LogP contribution in [0.5, 0.6) is 11.5 Å². The first-order chi connectivity index (χ1) is 13.6. The molecule has 11 heteroatoms. The number of carboxylic acid groups (broad SMARTS) is 1. The molecule has 150 valence electrons. The lowest BCUT2D eigenvalue weighted by Gasteiger charge is -2.15. The van der Waals surface area contributed by atoms with Gasteiger partial charge in [-0.25, -0.2) is 0 Å². The van der Waals surface area contributed by atoms with Crippen LogP contribution in [-0.2, 0) is 19.1 Å². The van der Waals surface area contributed by atoms with Crippen molar-refractivity contribution in [3.63, 3.8) is 0 Å². The zero-order chi connectivity index (χ0) is 19.9. The van der Waals surface area contributed by atoms with Gasteiger partial charge in [0.1, 0.15) is 11.9 Å². The number of rotatable bonds is 8. The van der Waals surface area contributed by atoms with Crippen LogP contribution in [0.2, 0.25) is 0 Å². The number of hydrogen-bond donors (Lipinski definition) is 2. The SMILES string of the molecule is COc1cccc(C=NN=C2NC(=O)C(CC(=O)O)S2)c1OCC1OCCO1. The van der Waals surface area contributed by atoms with E-state index in [0.29, 0.717) is 30.3 Å². The summed E-state index contributed by atoms with van der Waals surface area (Å²) >= 11 is 1.03. The van der Waals surface area contributed by atoms with E-state index in [-0.39, 0.29) is 18.2 Å². The molecule has 1 amide bonds. The Hall–Kier alpha value is -2.63. The minimum Gasteiger partial charge on any atom is -0.493 e. The highest BCUT2D eigenvalue weighted by Crippen LogP contribution is 2.30. The van der Waals surface area contributed by atoms with E-state index < -0.39 is 23.4 Å². The minimum atomic E-state index is -1.05. The Labute approximate surface area is 164 Å². The van der Waals surface area contributed by atoms with Gasteiger partial charge in [0.15, 0.2) is 23.0 Å². The number of nitrogens with one attached hydrogen (secondary N) is 1. The second-order valence-corrected chi connectivity index (χ2v) is 6.90. The van der Waals surface area contributed by atoms with Crippen molar-refractivity contribution in [1.29, 1.82) is 0 Å². The topological polar surface area (TPSA) is 128 Å². The van der Waals surface area contributed by atoms with Crippen LogP contribution in [0, 0.1) is 0 Å². The molecular formula is C17H19N3O7S. The summed E-state index contributed by atoms with van der Waals surface area (Å²) in [5.74, 6) is -0.478. The molecule has 0 aliphatic carbocycles. The number of ether oxygens (including phenoxy) is 4. The van der Waals surface area contributed by atoms with E-state index in [1.54, 1.807) is 18.2 Å². The van der Waals surface area contributed by atoms with E-state index in [0.717, 1.165) is 11.8 Å². The Morgan fingerprint density at radius 3 is 2.93 bits per heavy atom. The van der Waals surface area contributed by atoms with E-state index in [2.05, 4.69) is 15.5 Å². The number of nitrogens with zero attached hydrogens (tertiary/aromatic N) is 2. The lowest BCUT2D eigenvalue weighted by molar-refractivity contribution is -0.138. The number of methoxy groups -OCH3 is 1. The van der Waals surface area contributed by atoms with Gasteiger partial charge in [-0.3, -0.25) is 9.59 Å². The molecule has 2 saturated heterocycles. The van der Waals surface area contributed by atoms with E-state index in [1.165, 1.54) is 13.3 Å². The number of aliphatic carboxylic acids is 1. The van der Waals surface area contributed by atoms with Crippen LogP contribution in [0.1, 0.15) is 12.0 Å². The number of amidine groups is 1. The highest BCUT2D eigenvalue weighted by molar-refractivity contribution is 8.15. The Kier molecular flexibility index (Phi) is 6.85. The molecule has 1 aromatic carbocycles. The molecule has 1 atom stereocenters. The first kappa shape index (κ1) is 20.1. The van der Waals surface area contributed by atoms with Crippen molar-refractivity contribution in [2.75, 3.05) is 26.9 Å². The van der Waals surface area contributed by atoms with Gasteiger partial charge in [-0.05, 0) is 12.1 Å². The van der Waals surface area contributed by atoms with Crippen LogP contribution >= 0.6 is 11.8 Å². The number of amides is 1. The third kappa shape index (κ3) is 5.21. The Bertz CT molecular complexity index is 793. The molecule has 2 heterocycles. The largest absolute Gasteiger partial charge is 0.493 e. The maximum Gasteiger partial charge on any atom is 0.305 e. The van der Waals surface area contributed by atoms with Gasteiger partial charge in [-0.15, -0.1) is 5.10 Å². The molecule has 0 aromatic heterocycles. The molecule has 0 saturated carbocycles. The summed E-state index contributed by atoms with van der Waals surface area (Å²) in [6.45, 7) is 1.24. The Morgan fingerprint density at radius 2 is 2.21 bits per heavy atom. The molecule has 1 aromatic rings. The maximum atomic E-state index is 11.7. The van der Waals surface area contributed by atoms with E-state index in [4.69, 9.17) is 24.1 Å². The van der Waals surface area contributed by atoms with Crippen LogP contribution < -0.4 is 14.8 Å². The molecule has 1 unspecified atom stereocenters. The lowest BCUT2D eigenvalue weighted by Crippen LogP contribution is -2.26. The average molecular weight is 409 g/mol. The maximum absolute atomic E-state index is 11.7. The smallest absolute Gasteiger partial charge is 0.305 e. The summed E-state index contributed by atoms with van der Waals surface area (Å²) in [6, 6.07) is 5.29. The van der Waals surface area contributed by atoms with Crippen LogP contribution in [-0.4, -0.2) is 66.8 Å². The average Bonchev–Trinajstić information content (AvgIpc) is 3.30. The van der Waals surface area contributed by atoms with Crippen molar-refractivity contribution >= 4 is 35.0 Å². The highest BCUT2D eigenvalue weighted by atomic mass is 32.2. The van der Waals surface area contributed by atoms with Crippen molar-refractivity contribution in [2.24, 2.45) is 10.2 Å². The fourth-order valence-electron chi connectivity index (χ4n) is 2.49. The second-order valence-electron chi connectivity index (χ2n) is 5.70. The third-order valence-electron chi connectivity index (χ3n) is 3.77.